The summed E-state index contributed by atoms with van der Waals surface area (Å²) in [6.07, 6.45) is 5.02. The van der Waals surface area contributed by atoms with Crippen LogP contribution in [0.3, 0.4) is 0 Å². The monoisotopic (exact) mass is 401 g/mol. The van der Waals surface area contributed by atoms with E-state index >= 15 is 0 Å². The Morgan fingerprint density at radius 2 is 2.00 bits per heavy atom. The first-order chi connectivity index (χ1) is 13.4. The van der Waals surface area contributed by atoms with Gasteiger partial charge in [-0.25, -0.2) is 0 Å². The van der Waals surface area contributed by atoms with E-state index in [1.807, 2.05) is 19.9 Å². The number of nitrogens with zero attached hydrogens (tertiary/aromatic N) is 4. The summed E-state index contributed by atoms with van der Waals surface area (Å²) in [4.78, 5) is 25.6. The number of ether oxygens (including phenoxy) is 1. The SMILES string of the molecule is Cc1nccc(Sc2c(N)nc(N3CCC4(CCOC4)CC3)n(C)c2=O)c1C. The molecule has 2 aliphatic heterocycles. The first kappa shape index (κ1) is 19.3. The van der Waals surface area contributed by atoms with E-state index in [2.05, 4.69) is 14.9 Å². The van der Waals surface area contributed by atoms with Crippen LogP contribution in [0.25, 0.3) is 0 Å². The molecule has 28 heavy (non-hydrogen) atoms. The Hall–Kier alpha value is -2.06. The zero-order chi connectivity index (χ0) is 19.9. The van der Waals surface area contributed by atoms with Gasteiger partial charge < -0.3 is 15.4 Å². The third kappa shape index (κ3) is 3.39. The standard InChI is InChI=1S/C20H27N5O2S/c1-13-14(2)22-8-4-15(13)28-16-17(21)23-19(24(3)18(16)26)25-9-5-20(6-10-25)7-11-27-12-20/h4,8H,5-7,9-12,21H2,1-3H3. The molecule has 1 spiro atoms. The summed E-state index contributed by atoms with van der Waals surface area (Å²) >= 11 is 1.37. The van der Waals surface area contributed by atoms with Crippen molar-refractivity contribution < 1.29 is 4.74 Å². The van der Waals surface area contributed by atoms with Gasteiger partial charge in [-0.05, 0) is 50.2 Å². The molecule has 0 amide bonds. The average Bonchev–Trinajstić information content (AvgIpc) is 3.14. The van der Waals surface area contributed by atoms with Gasteiger partial charge in [0.2, 0.25) is 5.95 Å². The second-order valence-corrected chi connectivity index (χ2v) is 8.95. The van der Waals surface area contributed by atoms with Crippen LogP contribution in [-0.4, -0.2) is 40.8 Å². The Bertz CT molecular complexity index is 942. The number of rotatable bonds is 3. The summed E-state index contributed by atoms with van der Waals surface area (Å²) in [7, 11) is 1.78. The van der Waals surface area contributed by atoms with Crippen molar-refractivity contribution in [1.82, 2.24) is 14.5 Å². The number of aryl methyl sites for hydroxylation is 1. The number of aromatic nitrogens is 3. The number of nitrogens with two attached hydrogens (primary N) is 1. The maximum absolute atomic E-state index is 13.1. The topological polar surface area (TPSA) is 86.3 Å². The molecule has 4 heterocycles. The number of anilines is 2. The largest absolute Gasteiger partial charge is 0.382 e. The van der Waals surface area contributed by atoms with Crippen LogP contribution in [-0.2, 0) is 11.8 Å². The molecular weight excluding hydrogens is 374 g/mol. The van der Waals surface area contributed by atoms with Crippen molar-refractivity contribution >= 4 is 23.5 Å². The lowest BCUT2D eigenvalue weighted by Crippen LogP contribution is -2.43. The maximum Gasteiger partial charge on any atom is 0.270 e. The van der Waals surface area contributed by atoms with E-state index in [1.54, 1.807) is 17.8 Å². The molecular formula is C20H27N5O2S. The molecule has 150 valence electrons. The molecule has 2 saturated heterocycles. The summed E-state index contributed by atoms with van der Waals surface area (Å²) < 4.78 is 7.24. The van der Waals surface area contributed by atoms with Gasteiger partial charge in [0.25, 0.3) is 5.56 Å². The first-order valence-electron chi connectivity index (χ1n) is 9.69. The van der Waals surface area contributed by atoms with Crippen LogP contribution < -0.4 is 16.2 Å². The predicted octanol–water partition coefficient (Wildman–Crippen LogP) is 2.53. The normalized spacial score (nSPS) is 18.8. The van der Waals surface area contributed by atoms with Crippen molar-refractivity contribution in [2.45, 2.75) is 42.9 Å². The highest BCUT2D eigenvalue weighted by molar-refractivity contribution is 7.99. The van der Waals surface area contributed by atoms with Crippen LogP contribution in [0.1, 0.15) is 30.5 Å². The number of piperidine rings is 1. The lowest BCUT2D eigenvalue weighted by molar-refractivity contribution is 0.133. The van der Waals surface area contributed by atoms with Crippen molar-refractivity contribution in [3.63, 3.8) is 0 Å². The van der Waals surface area contributed by atoms with Crippen LogP contribution in [0.4, 0.5) is 11.8 Å². The molecule has 2 aromatic heterocycles. The van der Waals surface area contributed by atoms with Gasteiger partial charge in [0.1, 0.15) is 10.7 Å². The molecule has 2 N–H and O–H groups in total. The molecule has 0 radical (unpaired) electrons. The maximum atomic E-state index is 13.1. The molecule has 0 atom stereocenters. The van der Waals surface area contributed by atoms with Gasteiger partial charge in [-0.15, -0.1) is 0 Å². The fourth-order valence-electron chi connectivity index (χ4n) is 4.03. The highest BCUT2D eigenvalue weighted by Crippen LogP contribution is 2.40. The zero-order valence-corrected chi connectivity index (χ0v) is 17.5. The van der Waals surface area contributed by atoms with E-state index in [9.17, 15) is 4.79 Å². The Morgan fingerprint density at radius 1 is 1.25 bits per heavy atom. The summed E-state index contributed by atoms with van der Waals surface area (Å²) in [5.41, 5.74) is 8.45. The van der Waals surface area contributed by atoms with Crippen molar-refractivity contribution in [2.24, 2.45) is 12.5 Å². The molecule has 2 aromatic rings. The van der Waals surface area contributed by atoms with E-state index in [0.29, 0.717) is 22.1 Å². The molecule has 0 aliphatic carbocycles. The fourth-order valence-corrected chi connectivity index (χ4v) is 5.05. The smallest absolute Gasteiger partial charge is 0.270 e. The number of nitrogen functional groups attached to an aromatic ring is 1. The summed E-state index contributed by atoms with van der Waals surface area (Å²) in [6, 6.07) is 1.91. The molecule has 2 aliphatic rings. The van der Waals surface area contributed by atoms with Crippen molar-refractivity contribution in [3.8, 4) is 0 Å². The van der Waals surface area contributed by atoms with Crippen molar-refractivity contribution in [1.29, 1.82) is 0 Å². The Balaban J connectivity index is 1.60. The van der Waals surface area contributed by atoms with Gasteiger partial charge in [0.15, 0.2) is 0 Å². The molecule has 0 aromatic carbocycles. The second kappa shape index (κ2) is 7.40. The van der Waals surface area contributed by atoms with Gasteiger partial charge in [-0.1, -0.05) is 11.8 Å². The second-order valence-electron chi connectivity index (χ2n) is 7.90. The van der Waals surface area contributed by atoms with Gasteiger partial charge >= 0.3 is 0 Å². The minimum Gasteiger partial charge on any atom is -0.382 e. The number of pyridine rings is 1. The Labute approximate surface area is 169 Å². The van der Waals surface area contributed by atoms with Crippen molar-refractivity contribution in [2.75, 3.05) is 36.9 Å². The lowest BCUT2D eigenvalue weighted by Gasteiger charge is -2.39. The van der Waals surface area contributed by atoms with E-state index in [4.69, 9.17) is 10.5 Å². The molecule has 2 fully saturated rings. The van der Waals surface area contributed by atoms with E-state index in [1.165, 1.54) is 11.8 Å². The highest BCUT2D eigenvalue weighted by atomic mass is 32.2. The molecule has 8 heteroatoms. The fraction of sp³-hybridized carbons (Fsp3) is 0.550. The van der Waals surface area contributed by atoms with Crippen LogP contribution in [0, 0.1) is 19.3 Å². The van der Waals surface area contributed by atoms with Gasteiger partial charge in [-0.2, -0.15) is 4.98 Å². The predicted molar refractivity (Wildman–Crippen MR) is 111 cm³/mol. The molecule has 4 rings (SSSR count). The molecule has 7 nitrogen and oxygen atoms in total. The van der Waals surface area contributed by atoms with E-state index in [0.717, 1.165) is 61.7 Å². The quantitative estimate of drug-likeness (QED) is 0.846. The number of hydrogen-bond acceptors (Lipinski definition) is 7. The van der Waals surface area contributed by atoms with Gasteiger partial charge in [0.05, 0.1) is 6.61 Å². The lowest BCUT2D eigenvalue weighted by atomic mass is 9.78. The van der Waals surface area contributed by atoms with Crippen LogP contribution in [0.2, 0.25) is 0 Å². The zero-order valence-electron chi connectivity index (χ0n) is 16.7. The Morgan fingerprint density at radius 3 is 2.68 bits per heavy atom. The average molecular weight is 402 g/mol. The first-order valence-corrected chi connectivity index (χ1v) is 10.5. The van der Waals surface area contributed by atoms with Gasteiger partial charge in [0, 0.05) is 43.5 Å². The Kier molecular flexibility index (Phi) is 5.09. The minimum absolute atomic E-state index is 0.106. The molecule has 0 unspecified atom stereocenters. The van der Waals surface area contributed by atoms with Crippen LogP contribution >= 0.6 is 11.8 Å². The molecule has 0 saturated carbocycles. The summed E-state index contributed by atoms with van der Waals surface area (Å²) in [5.74, 6) is 0.949. The third-order valence-electron chi connectivity index (χ3n) is 6.16. The van der Waals surface area contributed by atoms with Crippen LogP contribution in [0.15, 0.2) is 26.8 Å². The van der Waals surface area contributed by atoms with E-state index < -0.39 is 0 Å². The minimum atomic E-state index is -0.106. The number of hydrogen-bond donors (Lipinski definition) is 1. The van der Waals surface area contributed by atoms with Gasteiger partial charge in [-0.3, -0.25) is 14.3 Å². The highest BCUT2D eigenvalue weighted by Gasteiger charge is 2.38. The van der Waals surface area contributed by atoms with E-state index in [-0.39, 0.29) is 5.56 Å². The third-order valence-corrected chi connectivity index (χ3v) is 7.41. The van der Waals surface area contributed by atoms with Crippen LogP contribution in [0.5, 0.6) is 0 Å². The summed E-state index contributed by atoms with van der Waals surface area (Å²) in [6.45, 7) is 7.43. The van der Waals surface area contributed by atoms with Crippen molar-refractivity contribution in [3.05, 3.63) is 33.9 Å². The molecule has 0 bridgehead atoms. The summed E-state index contributed by atoms with van der Waals surface area (Å²) in [5, 5.41) is 0.